The molecule has 2 atom stereocenters. The molecule has 3 aromatic carbocycles. The molecule has 1 saturated heterocycles. The molecule has 0 amide bonds. The largest absolute Gasteiger partial charge is 0.491 e. The van der Waals surface area contributed by atoms with Gasteiger partial charge >= 0.3 is 0 Å². The van der Waals surface area contributed by atoms with Crippen LogP contribution in [0.25, 0.3) is 21.8 Å². The second-order valence-corrected chi connectivity index (χ2v) is 11.0. The smallest absolute Gasteiger partial charge is 0.149 e. The van der Waals surface area contributed by atoms with Gasteiger partial charge < -0.3 is 18.9 Å². The van der Waals surface area contributed by atoms with E-state index in [-0.39, 0.29) is 12.2 Å². The number of nitrogens with zero attached hydrogens (tertiary/aromatic N) is 2. The van der Waals surface area contributed by atoms with Crippen LogP contribution in [0.15, 0.2) is 59.8 Å². The van der Waals surface area contributed by atoms with Gasteiger partial charge in [-0.1, -0.05) is 37.2 Å². The van der Waals surface area contributed by atoms with E-state index in [1.807, 2.05) is 0 Å². The van der Waals surface area contributed by atoms with Gasteiger partial charge in [0.25, 0.3) is 0 Å². The van der Waals surface area contributed by atoms with Gasteiger partial charge in [-0.3, -0.25) is 0 Å². The summed E-state index contributed by atoms with van der Waals surface area (Å²) in [5.74, 6) is 0.925. The lowest BCUT2D eigenvalue weighted by molar-refractivity contribution is -0.0110. The summed E-state index contributed by atoms with van der Waals surface area (Å²) in [6.45, 7) is 13.1. The predicted octanol–water partition coefficient (Wildman–Crippen LogP) is 8.92. The third-order valence-corrected chi connectivity index (χ3v) is 8.32. The Hall–Kier alpha value is -3.31. The van der Waals surface area contributed by atoms with E-state index in [9.17, 15) is 0 Å². The highest BCUT2D eigenvalue weighted by atomic mass is 16.6. The van der Waals surface area contributed by atoms with Crippen LogP contribution in [0.1, 0.15) is 88.2 Å². The van der Waals surface area contributed by atoms with Crippen LogP contribution < -0.4 is 4.74 Å². The highest BCUT2D eigenvalue weighted by Crippen LogP contribution is 2.33. The number of aromatic nitrogens is 1. The Bertz CT molecular complexity index is 1470. The van der Waals surface area contributed by atoms with Crippen molar-refractivity contribution in [3.63, 3.8) is 0 Å². The number of oxime groups is 1. The number of fused-ring (bicyclic) bond motifs is 3. The van der Waals surface area contributed by atoms with Crippen molar-refractivity contribution in [2.45, 2.75) is 91.9 Å². The Morgan fingerprint density at radius 1 is 0.975 bits per heavy atom. The van der Waals surface area contributed by atoms with Crippen LogP contribution >= 0.6 is 0 Å². The molecule has 1 aliphatic heterocycles. The van der Waals surface area contributed by atoms with E-state index in [0.29, 0.717) is 6.61 Å². The molecule has 5 nitrogen and oxygen atoms in total. The molecule has 0 spiro atoms. The number of hydrogen-bond donors (Lipinski definition) is 0. The van der Waals surface area contributed by atoms with Crippen molar-refractivity contribution in [1.82, 2.24) is 4.57 Å². The molecule has 212 valence electrons. The molecule has 2 unspecified atom stereocenters. The number of rotatable bonds is 11. The molecular weight excluding hydrogens is 496 g/mol. The van der Waals surface area contributed by atoms with Gasteiger partial charge in [-0.25, -0.2) is 0 Å². The van der Waals surface area contributed by atoms with E-state index in [1.54, 1.807) is 0 Å². The second-order valence-electron chi connectivity index (χ2n) is 11.0. The minimum atomic E-state index is -0.106. The quantitative estimate of drug-likeness (QED) is 0.141. The zero-order valence-electron chi connectivity index (χ0n) is 24.8. The Balaban J connectivity index is 1.42. The Morgan fingerprint density at radius 3 is 2.48 bits per heavy atom. The maximum atomic E-state index is 6.16. The number of aryl methyl sites for hydroxylation is 2. The summed E-state index contributed by atoms with van der Waals surface area (Å²) in [5, 5.41) is 6.96. The molecule has 1 aliphatic rings. The molecule has 1 aromatic heterocycles. The standard InChI is InChI=1S/C35H44N2O3/c1-6-29(7-2)36-40-25(5)27-14-17-35-33(22-27)32-20-26(13-16-34(32)37(35)8-3)19-28-21-30(15-12-24(28)4)39-23-31-11-9-10-18-38-31/h12-17,20-22,25,31H,6-11,18-19,23H2,1-5H3. The zero-order chi connectivity index (χ0) is 28.1. The molecule has 2 heterocycles. The number of hydrogen-bond acceptors (Lipinski definition) is 4. The first-order valence-corrected chi connectivity index (χ1v) is 15.1. The molecule has 0 N–H and O–H groups in total. The topological polar surface area (TPSA) is 45.0 Å². The van der Waals surface area contributed by atoms with Gasteiger partial charge in [0.2, 0.25) is 0 Å². The van der Waals surface area contributed by atoms with Crippen LogP contribution in [0.2, 0.25) is 0 Å². The maximum Gasteiger partial charge on any atom is 0.149 e. The van der Waals surface area contributed by atoms with E-state index in [4.69, 9.17) is 14.3 Å². The molecule has 5 rings (SSSR count). The van der Waals surface area contributed by atoms with E-state index in [0.717, 1.165) is 62.3 Å². The number of ether oxygens (including phenoxy) is 2. The van der Waals surface area contributed by atoms with Gasteiger partial charge in [0.15, 0.2) is 0 Å². The first-order chi connectivity index (χ1) is 19.5. The molecule has 5 heteroatoms. The summed E-state index contributed by atoms with van der Waals surface area (Å²) in [4.78, 5) is 5.91. The molecule has 1 fully saturated rings. The van der Waals surface area contributed by atoms with E-state index < -0.39 is 0 Å². The molecule has 40 heavy (non-hydrogen) atoms. The van der Waals surface area contributed by atoms with Crippen molar-refractivity contribution in [3.8, 4) is 5.75 Å². The SMILES string of the molecule is CCC(CC)=NOC(C)c1ccc2c(c1)c1cc(Cc3cc(OCC4CCCCO4)ccc3C)ccc1n2CC. The first-order valence-electron chi connectivity index (χ1n) is 15.1. The molecule has 0 aliphatic carbocycles. The van der Waals surface area contributed by atoms with Crippen molar-refractivity contribution in [3.05, 3.63) is 76.9 Å². The fraction of sp³-hybridized carbons (Fsp3) is 0.457. The predicted molar refractivity (Wildman–Crippen MR) is 166 cm³/mol. The van der Waals surface area contributed by atoms with Gasteiger partial charge in [0, 0.05) is 35.0 Å². The lowest BCUT2D eigenvalue weighted by Gasteiger charge is -2.22. The molecule has 0 bridgehead atoms. The van der Waals surface area contributed by atoms with Gasteiger partial charge in [-0.15, -0.1) is 0 Å². The molecule has 0 saturated carbocycles. The summed E-state index contributed by atoms with van der Waals surface area (Å²) in [6, 6.07) is 20.1. The van der Waals surface area contributed by atoms with Gasteiger partial charge in [-0.05, 0) is 118 Å². The van der Waals surface area contributed by atoms with Crippen LogP contribution in [0.4, 0.5) is 0 Å². The number of benzene rings is 3. The normalized spacial score (nSPS) is 16.3. The summed E-state index contributed by atoms with van der Waals surface area (Å²) < 4.78 is 14.4. The van der Waals surface area contributed by atoms with Gasteiger partial charge in [0.05, 0.1) is 11.8 Å². The molecular formula is C35H44N2O3. The highest BCUT2D eigenvalue weighted by Gasteiger charge is 2.16. The zero-order valence-corrected chi connectivity index (χ0v) is 24.8. The summed E-state index contributed by atoms with van der Waals surface area (Å²) >= 11 is 0. The third kappa shape index (κ3) is 6.20. The van der Waals surface area contributed by atoms with Crippen molar-refractivity contribution in [1.29, 1.82) is 0 Å². The van der Waals surface area contributed by atoms with Crippen molar-refractivity contribution in [2.75, 3.05) is 13.2 Å². The fourth-order valence-electron chi connectivity index (χ4n) is 5.74. The monoisotopic (exact) mass is 540 g/mol. The average Bonchev–Trinajstić information content (AvgIpc) is 3.30. The first kappa shape index (κ1) is 28.2. The molecule has 0 radical (unpaired) electrons. The Labute approximate surface area is 239 Å². The summed E-state index contributed by atoms with van der Waals surface area (Å²) in [6.07, 6.45) is 6.27. The van der Waals surface area contributed by atoms with E-state index >= 15 is 0 Å². The minimum absolute atomic E-state index is 0.106. The lowest BCUT2D eigenvalue weighted by Crippen LogP contribution is -2.25. The van der Waals surface area contributed by atoms with Crippen molar-refractivity contribution < 1.29 is 14.3 Å². The lowest BCUT2D eigenvalue weighted by atomic mass is 9.98. The van der Waals surface area contributed by atoms with Gasteiger partial charge in [0.1, 0.15) is 18.5 Å². The van der Waals surface area contributed by atoms with Crippen LogP contribution in [-0.4, -0.2) is 29.6 Å². The van der Waals surface area contributed by atoms with Crippen LogP contribution in [-0.2, 0) is 22.5 Å². The maximum absolute atomic E-state index is 6.16. The molecule has 4 aromatic rings. The summed E-state index contributed by atoms with van der Waals surface area (Å²) in [7, 11) is 0. The van der Waals surface area contributed by atoms with Gasteiger partial charge in [-0.2, -0.15) is 0 Å². The Morgan fingerprint density at radius 2 is 1.75 bits per heavy atom. The van der Waals surface area contributed by atoms with Crippen molar-refractivity contribution in [2.24, 2.45) is 5.16 Å². The van der Waals surface area contributed by atoms with E-state index in [1.165, 1.54) is 44.9 Å². The summed E-state index contributed by atoms with van der Waals surface area (Å²) in [5.41, 5.74) is 8.64. The minimum Gasteiger partial charge on any atom is -0.491 e. The van der Waals surface area contributed by atoms with Crippen molar-refractivity contribution >= 4 is 27.5 Å². The van der Waals surface area contributed by atoms with Crippen LogP contribution in [0.5, 0.6) is 5.75 Å². The average molecular weight is 541 g/mol. The Kier molecular flexibility index (Phi) is 9.11. The third-order valence-electron chi connectivity index (χ3n) is 8.32. The second kappa shape index (κ2) is 12.9. The van der Waals surface area contributed by atoms with Crippen LogP contribution in [0.3, 0.4) is 0 Å². The highest BCUT2D eigenvalue weighted by molar-refractivity contribution is 6.08. The fourth-order valence-corrected chi connectivity index (χ4v) is 5.74. The van der Waals surface area contributed by atoms with E-state index in [2.05, 4.69) is 98.9 Å². The van der Waals surface area contributed by atoms with Crippen LogP contribution in [0, 0.1) is 6.92 Å².